The highest BCUT2D eigenvalue weighted by Crippen LogP contribution is 2.42. The Hall–Kier alpha value is -2.69. The van der Waals surface area contributed by atoms with Crippen LogP contribution in [0.5, 0.6) is 0 Å². The van der Waals surface area contributed by atoms with E-state index >= 15 is 0 Å². The molecular weight excluding hydrogens is 244 g/mol. The summed E-state index contributed by atoms with van der Waals surface area (Å²) in [5.41, 5.74) is -0.556. The van der Waals surface area contributed by atoms with Crippen LogP contribution in [0.1, 0.15) is 15.9 Å². The molecule has 92 valence electrons. The van der Waals surface area contributed by atoms with Crippen molar-refractivity contribution in [3.05, 3.63) is 47.5 Å². The number of carbonyl (C=O) groups excluding carboxylic acids is 3. The summed E-state index contributed by atoms with van der Waals surface area (Å²) in [6.45, 7) is 0. The third-order valence-corrected chi connectivity index (χ3v) is 3.76. The zero-order valence-corrected chi connectivity index (χ0v) is 9.69. The summed E-state index contributed by atoms with van der Waals surface area (Å²) < 4.78 is 0. The molecule has 1 saturated heterocycles. The Bertz CT molecular complexity index is 791. The van der Waals surface area contributed by atoms with E-state index in [2.05, 4.69) is 10.6 Å². The second-order valence-electron chi connectivity index (χ2n) is 4.70. The average Bonchev–Trinajstić information content (AvgIpc) is 2.83. The van der Waals surface area contributed by atoms with Gasteiger partial charge in [0.2, 0.25) is 11.3 Å². The fourth-order valence-corrected chi connectivity index (χ4v) is 2.97. The molecule has 1 spiro atoms. The molecule has 5 nitrogen and oxygen atoms in total. The quantitative estimate of drug-likeness (QED) is 0.544. The third-order valence-electron chi connectivity index (χ3n) is 3.76. The predicted molar refractivity (Wildman–Crippen MR) is 66.6 cm³/mol. The smallest absolute Gasteiger partial charge is 0.313 e. The topological polar surface area (TPSA) is 75.3 Å². The second kappa shape index (κ2) is 3.00. The number of carbonyl (C=O) groups is 3. The minimum atomic E-state index is -1.58. The highest BCUT2D eigenvalue weighted by molar-refractivity contribution is 6.33. The first-order valence-electron chi connectivity index (χ1n) is 5.85. The van der Waals surface area contributed by atoms with Crippen molar-refractivity contribution in [2.24, 2.45) is 0 Å². The molecule has 1 aliphatic carbocycles. The molecule has 1 atom stereocenters. The number of imide groups is 1. The normalized spacial score (nSPS) is 24.1. The van der Waals surface area contributed by atoms with Gasteiger partial charge in [0.15, 0.2) is 0 Å². The van der Waals surface area contributed by atoms with Gasteiger partial charge in [-0.25, -0.2) is 4.79 Å². The number of rotatable bonds is 0. The highest BCUT2D eigenvalue weighted by Gasteiger charge is 2.58. The number of fused-ring (bicyclic) bond motifs is 1. The van der Waals surface area contributed by atoms with Crippen molar-refractivity contribution in [1.29, 1.82) is 0 Å². The van der Waals surface area contributed by atoms with Crippen molar-refractivity contribution in [3.8, 4) is 0 Å². The number of Topliss-reactive ketones (excluding diaryl/α,β-unsaturated/α-hetero) is 1. The van der Waals surface area contributed by atoms with E-state index in [1.807, 2.05) is 12.1 Å². The Kier molecular flexibility index (Phi) is 1.62. The van der Waals surface area contributed by atoms with Crippen LogP contribution in [0.2, 0.25) is 0 Å². The molecule has 1 heterocycles. The van der Waals surface area contributed by atoms with Gasteiger partial charge in [0.25, 0.3) is 5.91 Å². The SMILES string of the molecule is O=C1NC(=O)C2(N1)C(=O)c1cccc3cccc2c13. The van der Waals surface area contributed by atoms with E-state index in [1.54, 1.807) is 24.3 Å². The minimum Gasteiger partial charge on any atom is -0.313 e. The Morgan fingerprint density at radius 1 is 0.947 bits per heavy atom. The monoisotopic (exact) mass is 252 g/mol. The van der Waals surface area contributed by atoms with E-state index in [-0.39, 0.29) is 5.78 Å². The molecule has 19 heavy (non-hydrogen) atoms. The summed E-state index contributed by atoms with van der Waals surface area (Å²) in [7, 11) is 0. The molecular formula is C14H8N2O3. The van der Waals surface area contributed by atoms with Gasteiger partial charge >= 0.3 is 6.03 Å². The lowest BCUT2D eigenvalue weighted by atomic mass is 9.90. The Morgan fingerprint density at radius 2 is 1.68 bits per heavy atom. The standard InChI is InChI=1S/C14H8N2O3/c17-11-8-5-1-3-7-4-2-6-9(10(7)8)14(11)12(18)15-13(19)16-14/h1-6H,(H2,15,16,18,19). The van der Waals surface area contributed by atoms with Crippen LogP contribution in [0.25, 0.3) is 10.8 Å². The molecule has 1 aliphatic heterocycles. The van der Waals surface area contributed by atoms with Gasteiger partial charge in [-0.2, -0.15) is 0 Å². The Morgan fingerprint density at radius 3 is 2.37 bits per heavy atom. The molecule has 1 unspecified atom stereocenters. The predicted octanol–water partition coefficient (Wildman–Crippen LogP) is 1.07. The third kappa shape index (κ3) is 0.991. The average molecular weight is 252 g/mol. The van der Waals surface area contributed by atoms with Crippen LogP contribution in [0.15, 0.2) is 36.4 Å². The fraction of sp³-hybridized carbons (Fsp3) is 0.0714. The summed E-state index contributed by atoms with van der Waals surface area (Å²) in [6.07, 6.45) is 0. The number of nitrogens with one attached hydrogen (secondary N) is 2. The largest absolute Gasteiger partial charge is 0.323 e. The van der Waals surface area contributed by atoms with Gasteiger partial charge in [-0.3, -0.25) is 14.9 Å². The van der Waals surface area contributed by atoms with Crippen LogP contribution < -0.4 is 10.6 Å². The first kappa shape index (κ1) is 10.3. The van der Waals surface area contributed by atoms with Crippen LogP contribution in [0.4, 0.5) is 4.79 Å². The van der Waals surface area contributed by atoms with Gasteiger partial charge in [-0.15, -0.1) is 0 Å². The van der Waals surface area contributed by atoms with Gasteiger partial charge in [-0.1, -0.05) is 36.4 Å². The number of urea groups is 1. The van der Waals surface area contributed by atoms with Crippen molar-refractivity contribution < 1.29 is 14.4 Å². The van der Waals surface area contributed by atoms with Crippen LogP contribution >= 0.6 is 0 Å². The Balaban J connectivity index is 2.15. The van der Waals surface area contributed by atoms with Crippen molar-refractivity contribution in [3.63, 3.8) is 0 Å². The number of amides is 3. The summed E-state index contributed by atoms with van der Waals surface area (Å²) in [4.78, 5) is 36.1. The molecule has 4 rings (SSSR count). The number of hydrogen-bond donors (Lipinski definition) is 2. The highest BCUT2D eigenvalue weighted by atomic mass is 16.2. The van der Waals surface area contributed by atoms with Gasteiger partial charge in [-0.05, 0) is 10.8 Å². The summed E-state index contributed by atoms with van der Waals surface area (Å²) >= 11 is 0. The molecule has 3 amide bonds. The van der Waals surface area contributed by atoms with Crippen LogP contribution in [-0.2, 0) is 10.3 Å². The second-order valence-corrected chi connectivity index (χ2v) is 4.70. The lowest BCUT2D eigenvalue weighted by Gasteiger charge is -2.19. The lowest BCUT2D eigenvalue weighted by molar-refractivity contribution is -0.122. The first-order chi connectivity index (χ1) is 9.14. The van der Waals surface area contributed by atoms with E-state index in [1.165, 1.54) is 0 Å². The minimum absolute atomic E-state index is 0.373. The lowest BCUT2D eigenvalue weighted by Crippen LogP contribution is -2.48. The van der Waals surface area contributed by atoms with Crippen LogP contribution in [0.3, 0.4) is 0 Å². The molecule has 0 radical (unpaired) electrons. The zero-order chi connectivity index (χ0) is 13.2. The number of benzene rings is 2. The fourth-order valence-electron chi connectivity index (χ4n) is 2.97. The summed E-state index contributed by atoms with van der Waals surface area (Å²) in [5, 5.41) is 6.26. The van der Waals surface area contributed by atoms with Crippen LogP contribution in [-0.4, -0.2) is 17.7 Å². The maximum Gasteiger partial charge on any atom is 0.323 e. The molecule has 1 fully saturated rings. The maximum absolute atomic E-state index is 12.6. The van der Waals surface area contributed by atoms with Crippen molar-refractivity contribution in [2.75, 3.05) is 0 Å². The molecule has 2 aromatic carbocycles. The maximum atomic E-state index is 12.6. The van der Waals surface area contributed by atoms with Crippen molar-refractivity contribution in [2.45, 2.75) is 5.54 Å². The van der Waals surface area contributed by atoms with E-state index in [9.17, 15) is 14.4 Å². The molecule has 2 aliphatic rings. The van der Waals surface area contributed by atoms with E-state index in [0.717, 1.165) is 10.8 Å². The van der Waals surface area contributed by atoms with Crippen molar-refractivity contribution in [1.82, 2.24) is 10.6 Å². The number of ketones is 1. The van der Waals surface area contributed by atoms with E-state index < -0.39 is 17.5 Å². The molecule has 0 aromatic heterocycles. The number of hydrogen-bond acceptors (Lipinski definition) is 3. The summed E-state index contributed by atoms with van der Waals surface area (Å²) in [6, 6.07) is 10.1. The summed E-state index contributed by atoms with van der Waals surface area (Å²) in [5.74, 6) is -0.978. The molecule has 2 aromatic rings. The zero-order valence-electron chi connectivity index (χ0n) is 9.69. The van der Waals surface area contributed by atoms with Gasteiger partial charge < -0.3 is 5.32 Å². The molecule has 0 bridgehead atoms. The molecule has 5 heteroatoms. The van der Waals surface area contributed by atoms with E-state index in [4.69, 9.17) is 0 Å². The van der Waals surface area contributed by atoms with Gasteiger partial charge in [0.05, 0.1) is 0 Å². The van der Waals surface area contributed by atoms with E-state index in [0.29, 0.717) is 11.1 Å². The van der Waals surface area contributed by atoms with Crippen LogP contribution in [0, 0.1) is 0 Å². The molecule has 0 saturated carbocycles. The first-order valence-corrected chi connectivity index (χ1v) is 5.85. The van der Waals surface area contributed by atoms with Gasteiger partial charge in [0.1, 0.15) is 0 Å². The molecule has 2 N–H and O–H groups in total. The Labute approximate surface area is 107 Å². The van der Waals surface area contributed by atoms with Gasteiger partial charge in [0, 0.05) is 11.1 Å². The van der Waals surface area contributed by atoms with Crippen molar-refractivity contribution >= 4 is 28.5 Å².